The maximum atomic E-state index is 9.66. The van der Waals surface area contributed by atoms with Crippen molar-refractivity contribution in [2.45, 2.75) is 19.3 Å². The second kappa shape index (κ2) is 6.80. The maximum absolute atomic E-state index is 9.66. The molecule has 0 spiro atoms. The Kier molecular flexibility index (Phi) is 8.40. The third-order valence-corrected chi connectivity index (χ3v) is 0.762. The molecule has 4 nitrogen and oxygen atoms in total. The van der Waals surface area contributed by atoms with E-state index in [0.717, 1.165) is 0 Å². The minimum atomic E-state index is -1.23. The molecule has 5 heteroatoms. The molecule has 0 atom stereocenters. The van der Waals surface area contributed by atoms with Gasteiger partial charge in [0.05, 0.1) is 0 Å². The van der Waals surface area contributed by atoms with Gasteiger partial charge in [0, 0.05) is 11.9 Å². The molecule has 0 aromatic rings. The minimum Gasteiger partial charge on any atom is -0.550 e. The molecule has 0 aromatic heterocycles. The summed E-state index contributed by atoms with van der Waals surface area (Å²) in [6, 6.07) is 0. The SMILES string of the molecule is O=C([O-])CCCC(=O)[O-].[Ag+2]. The van der Waals surface area contributed by atoms with Gasteiger partial charge < -0.3 is 19.8 Å². The van der Waals surface area contributed by atoms with Crippen molar-refractivity contribution in [1.82, 2.24) is 0 Å². The van der Waals surface area contributed by atoms with Crippen LogP contribution in [0.5, 0.6) is 0 Å². The molecule has 0 amide bonds. The Hall–Kier alpha value is -0.320. The van der Waals surface area contributed by atoms with E-state index in [2.05, 4.69) is 0 Å². The number of aliphatic carboxylic acids is 2. The third kappa shape index (κ3) is 10.6. The van der Waals surface area contributed by atoms with Crippen molar-refractivity contribution in [3.63, 3.8) is 0 Å². The van der Waals surface area contributed by atoms with E-state index in [1.807, 2.05) is 0 Å². The number of hydrogen-bond acceptors (Lipinski definition) is 4. The normalized spacial score (nSPS) is 8.00. The molecular weight excluding hydrogens is 232 g/mol. The third-order valence-electron chi connectivity index (χ3n) is 0.762. The number of carbonyl (C=O) groups is 2. The molecule has 0 saturated carbocycles. The Morgan fingerprint density at radius 1 is 1.00 bits per heavy atom. The molecule has 0 unspecified atom stereocenters. The molecule has 0 aromatic carbocycles. The summed E-state index contributed by atoms with van der Waals surface area (Å²) in [6.45, 7) is 0. The molecule has 0 heterocycles. The zero-order valence-electron chi connectivity index (χ0n) is 5.06. The van der Waals surface area contributed by atoms with Crippen LogP contribution < -0.4 is 10.2 Å². The van der Waals surface area contributed by atoms with Gasteiger partial charge in [-0.05, 0) is 19.3 Å². The molecule has 10 heavy (non-hydrogen) atoms. The fourth-order valence-corrected chi connectivity index (χ4v) is 0.377. The van der Waals surface area contributed by atoms with Gasteiger partial charge in [0.1, 0.15) is 0 Å². The van der Waals surface area contributed by atoms with Crippen LogP contribution in [0.2, 0.25) is 0 Å². The first-order valence-electron chi connectivity index (χ1n) is 2.52. The first-order chi connectivity index (χ1) is 4.13. The predicted molar refractivity (Wildman–Crippen MR) is 23.9 cm³/mol. The van der Waals surface area contributed by atoms with Gasteiger partial charge in [0.2, 0.25) is 0 Å². The Balaban J connectivity index is 0. The average Bonchev–Trinajstić information content (AvgIpc) is 1.63. The molecule has 0 aliphatic carbocycles. The van der Waals surface area contributed by atoms with Gasteiger partial charge in [-0.25, -0.2) is 0 Å². The molecule has 0 saturated heterocycles. The monoisotopic (exact) mass is 237 g/mol. The van der Waals surface area contributed by atoms with E-state index in [4.69, 9.17) is 0 Å². The van der Waals surface area contributed by atoms with Crippen LogP contribution in [0.25, 0.3) is 0 Å². The van der Waals surface area contributed by atoms with Gasteiger partial charge in [0.25, 0.3) is 0 Å². The number of carboxylic acids is 2. The maximum Gasteiger partial charge on any atom is 2.00 e. The topological polar surface area (TPSA) is 80.3 Å². The summed E-state index contributed by atoms with van der Waals surface area (Å²) >= 11 is 0. The fraction of sp³-hybridized carbons (Fsp3) is 0.600. The zero-order valence-corrected chi connectivity index (χ0v) is 6.54. The molecule has 0 aliphatic rings. The smallest absolute Gasteiger partial charge is 0.550 e. The van der Waals surface area contributed by atoms with Crippen LogP contribution in [0.4, 0.5) is 0 Å². The summed E-state index contributed by atoms with van der Waals surface area (Å²) in [5.74, 6) is -2.45. The Bertz CT molecular complexity index is 109. The van der Waals surface area contributed by atoms with Crippen molar-refractivity contribution in [2.75, 3.05) is 0 Å². The molecule has 0 fully saturated rings. The number of carbonyl (C=O) groups excluding carboxylic acids is 2. The molecular formula is C5H6AgO4. The van der Waals surface area contributed by atoms with E-state index in [9.17, 15) is 19.8 Å². The van der Waals surface area contributed by atoms with E-state index < -0.39 is 11.9 Å². The minimum absolute atomic E-state index is 0. The van der Waals surface area contributed by atoms with Gasteiger partial charge in [0.15, 0.2) is 0 Å². The molecule has 61 valence electrons. The molecule has 0 bridgehead atoms. The Labute approximate surface area is 73.7 Å². The molecule has 1 radical (unpaired) electrons. The second-order valence-electron chi connectivity index (χ2n) is 1.60. The summed E-state index contributed by atoms with van der Waals surface area (Å²) in [5.41, 5.74) is 0. The molecule has 0 aliphatic heterocycles. The molecule has 0 N–H and O–H groups in total. The van der Waals surface area contributed by atoms with Crippen LogP contribution in [0.3, 0.4) is 0 Å². The van der Waals surface area contributed by atoms with Crippen LogP contribution >= 0.6 is 0 Å². The summed E-state index contributed by atoms with van der Waals surface area (Å²) in [7, 11) is 0. The summed E-state index contributed by atoms with van der Waals surface area (Å²) < 4.78 is 0. The van der Waals surface area contributed by atoms with Crippen LogP contribution in [0.15, 0.2) is 0 Å². The standard InChI is InChI=1S/C5H8O4.Ag/c6-4(7)2-1-3-5(8)9;/h1-3H2,(H,6,7)(H,8,9);/q;+2/p-2. The average molecular weight is 238 g/mol. The van der Waals surface area contributed by atoms with Gasteiger partial charge in [-0.2, -0.15) is 0 Å². The number of rotatable bonds is 4. The van der Waals surface area contributed by atoms with Gasteiger partial charge in [-0.1, -0.05) is 0 Å². The van der Waals surface area contributed by atoms with Gasteiger partial charge >= 0.3 is 22.4 Å². The largest absolute Gasteiger partial charge is 2.00 e. The van der Waals surface area contributed by atoms with Crippen molar-refractivity contribution in [2.24, 2.45) is 0 Å². The quantitative estimate of drug-likeness (QED) is 0.513. The number of carboxylic acid groups (broad SMARTS) is 2. The van der Waals surface area contributed by atoms with Crippen LogP contribution in [0.1, 0.15) is 19.3 Å². The zero-order chi connectivity index (χ0) is 7.28. The van der Waals surface area contributed by atoms with Crippen molar-refractivity contribution >= 4 is 11.9 Å². The Morgan fingerprint density at radius 3 is 1.50 bits per heavy atom. The van der Waals surface area contributed by atoms with Crippen LogP contribution in [0, 0.1) is 0 Å². The van der Waals surface area contributed by atoms with E-state index in [1.54, 1.807) is 0 Å². The van der Waals surface area contributed by atoms with Crippen molar-refractivity contribution < 1.29 is 42.2 Å². The predicted octanol–water partition coefficient (Wildman–Crippen LogP) is -2.35. The van der Waals surface area contributed by atoms with Gasteiger partial charge in [-0.3, -0.25) is 0 Å². The van der Waals surface area contributed by atoms with Crippen molar-refractivity contribution in [1.29, 1.82) is 0 Å². The fourth-order valence-electron chi connectivity index (χ4n) is 0.377. The van der Waals surface area contributed by atoms with Crippen molar-refractivity contribution in [3.05, 3.63) is 0 Å². The summed E-state index contributed by atoms with van der Waals surface area (Å²) in [4.78, 5) is 19.3. The van der Waals surface area contributed by atoms with E-state index in [1.165, 1.54) is 0 Å². The number of hydrogen-bond donors (Lipinski definition) is 0. The van der Waals surface area contributed by atoms with Crippen molar-refractivity contribution in [3.8, 4) is 0 Å². The van der Waals surface area contributed by atoms with E-state index >= 15 is 0 Å². The van der Waals surface area contributed by atoms with Crippen LogP contribution in [-0.2, 0) is 32.0 Å². The molecule has 0 rings (SSSR count). The van der Waals surface area contributed by atoms with Crippen LogP contribution in [-0.4, -0.2) is 11.9 Å². The first kappa shape index (κ1) is 12.4. The summed E-state index contributed by atoms with van der Waals surface area (Å²) in [6.07, 6.45) is -0.341. The summed E-state index contributed by atoms with van der Waals surface area (Å²) in [5, 5.41) is 19.3. The van der Waals surface area contributed by atoms with Gasteiger partial charge in [-0.15, -0.1) is 0 Å². The van der Waals surface area contributed by atoms with E-state index in [-0.39, 0.29) is 41.6 Å². The Morgan fingerprint density at radius 2 is 1.30 bits per heavy atom. The van der Waals surface area contributed by atoms with E-state index in [0.29, 0.717) is 0 Å². The first-order valence-corrected chi connectivity index (χ1v) is 2.52. The second-order valence-corrected chi connectivity index (χ2v) is 1.60.